The van der Waals surface area contributed by atoms with Gasteiger partial charge in [-0.05, 0) is 62.2 Å². The molecule has 1 unspecified atom stereocenters. The van der Waals surface area contributed by atoms with Gasteiger partial charge < -0.3 is 14.0 Å². The van der Waals surface area contributed by atoms with Crippen LogP contribution < -0.4 is 4.80 Å². The smallest absolute Gasteiger partial charge is 0.337 e. The third-order valence-electron chi connectivity index (χ3n) is 6.27. The number of esters is 1. The van der Waals surface area contributed by atoms with E-state index in [1.54, 1.807) is 25.3 Å². The van der Waals surface area contributed by atoms with E-state index in [1.165, 1.54) is 47.0 Å². The zero-order chi connectivity index (χ0) is 25.9. The normalized spacial score (nSPS) is 17.4. The number of carbonyl (C=O) groups excluding carboxylic acids is 2. The van der Waals surface area contributed by atoms with Gasteiger partial charge in [0.25, 0.3) is 5.91 Å². The Bertz CT molecular complexity index is 1440. The highest BCUT2D eigenvalue weighted by Crippen LogP contribution is 2.25. The molecule has 1 fully saturated rings. The topological polar surface area (TPSA) is 107 Å². The summed E-state index contributed by atoms with van der Waals surface area (Å²) in [7, 11) is -0.710. The number of hydrogen-bond acceptors (Lipinski definition) is 7. The fourth-order valence-corrected chi connectivity index (χ4v) is 7.08. The lowest BCUT2D eigenvalue weighted by molar-refractivity contribution is 0.0600. The molecule has 1 saturated heterocycles. The molecule has 1 atom stereocenters. The molecule has 1 aliphatic heterocycles. The second kappa shape index (κ2) is 11.0. The minimum Gasteiger partial charge on any atom is -0.465 e. The molecule has 0 bridgehead atoms. The fraction of sp³-hybridized carbons (Fsp3) is 0.400. The predicted molar refractivity (Wildman–Crippen MR) is 137 cm³/mol. The number of fused-ring (bicyclic) bond motifs is 1. The molecule has 36 heavy (non-hydrogen) atoms. The molecule has 0 saturated carbocycles. The molecular formula is C25H29N3O6S2. The van der Waals surface area contributed by atoms with Gasteiger partial charge in [0.15, 0.2) is 4.80 Å². The van der Waals surface area contributed by atoms with Crippen LogP contribution in [-0.2, 0) is 26.0 Å². The lowest BCUT2D eigenvalue weighted by atomic mass is 10.1. The van der Waals surface area contributed by atoms with Crippen LogP contribution in [0.5, 0.6) is 0 Å². The van der Waals surface area contributed by atoms with Crippen molar-refractivity contribution in [2.24, 2.45) is 4.99 Å². The van der Waals surface area contributed by atoms with Gasteiger partial charge in [0, 0.05) is 31.8 Å². The van der Waals surface area contributed by atoms with Crippen molar-refractivity contribution in [1.82, 2.24) is 8.87 Å². The van der Waals surface area contributed by atoms with E-state index in [0.717, 1.165) is 29.5 Å². The first kappa shape index (κ1) is 26.2. The van der Waals surface area contributed by atoms with Crippen molar-refractivity contribution >= 4 is 43.5 Å². The number of hydrogen-bond donors (Lipinski definition) is 0. The number of amides is 1. The van der Waals surface area contributed by atoms with E-state index in [1.807, 2.05) is 11.5 Å². The van der Waals surface area contributed by atoms with E-state index in [0.29, 0.717) is 30.1 Å². The van der Waals surface area contributed by atoms with Crippen LogP contribution in [0.2, 0.25) is 0 Å². The minimum absolute atomic E-state index is 0.0461. The van der Waals surface area contributed by atoms with Crippen LogP contribution >= 0.6 is 11.3 Å². The Morgan fingerprint density at radius 3 is 2.47 bits per heavy atom. The first-order valence-corrected chi connectivity index (χ1v) is 13.9. The van der Waals surface area contributed by atoms with Gasteiger partial charge in [-0.1, -0.05) is 17.8 Å². The van der Waals surface area contributed by atoms with E-state index in [4.69, 9.17) is 9.47 Å². The summed E-state index contributed by atoms with van der Waals surface area (Å²) in [4.78, 5) is 29.9. The summed E-state index contributed by atoms with van der Waals surface area (Å²) in [6.07, 6.45) is 2.71. The number of carbonyl (C=O) groups is 2. The molecular weight excluding hydrogens is 502 g/mol. The molecule has 9 nitrogen and oxygen atoms in total. The molecule has 0 radical (unpaired) electrons. The fourth-order valence-electron chi connectivity index (χ4n) is 4.29. The molecule has 0 aliphatic carbocycles. The van der Waals surface area contributed by atoms with Gasteiger partial charge in [-0.25, -0.2) is 13.2 Å². The monoisotopic (exact) mass is 531 g/mol. The second-order valence-electron chi connectivity index (χ2n) is 8.61. The maximum absolute atomic E-state index is 13.1. The third-order valence-corrected chi connectivity index (χ3v) is 9.34. The first-order chi connectivity index (χ1) is 17.3. The first-order valence-electron chi connectivity index (χ1n) is 11.7. The summed E-state index contributed by atoms with van der Waals surface area (Å²) in [5.41, 5.74) is 1.50. The van der Waals surface area contributed by atoms with Crippen molar-refractivity contribution in [3.05, 3.63) is 58.4 Å². The van der Waals surface area contributed by atoms with Crippen molar-refractivity contribution in [3.63, 3.8) is 0 Å². The quantitative estimate of drug-likeness (QED) is 0.432. The summed E-state index contributed by atoms with van der Waals surface area (Å²) in [5.74, 6) is -0.937. The average molecular weight is 532 g/mol. The highest BCUT2D eigenvalue weighted by molar-refractivity contribution is 7.89. The number of aromatic nitrogens is 1. The number of thiazole rings is 1. The Morgan fingerprint density at radius 2 is 1.81 bits per heavy atom. The van der Waals surface area contributed by atoms with Crippen LogP contribution in [0.25, 0.3) is 10.2 Å². The van der Waals surface area contributed by atoms with Crippen LogP contribution in [0.3, 0.4) is 0 Å². The average Bonchev–Trinajstić information content (AvgIpc) is 3.22. The molecule has 192 valence electrons. The Balaban J connectivity index is 1.66. The van der Waals surface area contributed by atoms with Crippen molar-refractivity contribution in [2.75, 3.05) is 27.4 Å². The molecule has 1 aliphatic rings. The maximum Gasteiger partial charge on any atom is 0.337 e. The molecule has 0 N–H and O–H groups in total. The Hall–Kier alpha value is -2.86. The highest BCUT2D eigenvalue weighted by Gasteiger charge is 2.31. The molecule has 1 aromatic heterocycles. The van der Waals surface area contributed by atoms with Crippen LogP contribution in [0.1, 0.15) is 46.9 Å². The van der Waals surface area contributed by atoms with Crippen LogP contribution in [0, 0.1) is 0 Å². The largest absolute Gasteiger partial charge is 0.465 e. The molecule has 11 heteroatoms. The van der Waals surface area contributed by atoms with Gasteiger partial charge in [-0.2, -0.15) is 9.30 Å². The van der Waals surface area contributed by atoms with Crippen LogP contribution in [-0.4, -0.2) is 62.6 Å². The van der Waals surface area contributed by atoms with Gasteiger partial charge >= 0.3 is 5.97 Å². The molecule has 2 aromatic carbocycles. The second-order valence-corrected chi connectivity index (χ2v) is 11.5. The molecule has 3 aromatic rings. The number of ether oxygens (including phenoxy) is 2. The van der Waals surface area contributed by atoms with Gasteiger partial charge in [0.05, 0.1) is 34.4 Å². The summed E-state index contributed by atoms with van der Waals surface area (Å²) in [6, 6.07) is 11.0. The third kappa shape index (κ3) is 5.29. The van der Waals surface area contributed by atoms with E-state index >= 15 is 0 Å². The number of nitrogens with zero attached hydrogens (tertiary/aromatic N) is 3. The van der Waals surface area contributed by atoms with Crippen molar-refractivity contribution in [1.29, 1.82) is 0 Å². The molecule has 0 spiro atoms. The van der Waals surface area contributed by atoms with Gasteiger partial charge in [-0.15, -0.1) is 0 Å². The number of methoxy groups -OCH3 is 2. The number of sulfonamides is 1. The lowest BCUT2D eigenvalue weighted by Gasteiger charge is -2.32. The summed E-state index contributed by atoms with van der Waals surface area (Å²) >= 11 is 1.28. The lowest BCUT2D eigenvalue weighted by Crippen LogP contribution is -2.41. The number of piperidine rings is 1. The molecule has 4 rings (SSSR count). The standard InChI is InChI=1S/C25H29N3O6S2/c1-17-6-4-5-13-28(17)36(31,32)20-10-7-18(8-11-20)23(29)26-25-27(14-15-33-2)21-12-9-19(24(30)34-3)16-22(21)35-25/h7-12,16-17H,4-6,13-15H2,1-3H3. The van der Waals surface area contributed by atoms with Gasteiger partial charge in [-0.3, -0.25) is 4.79 Å². The van der Waals surface area contributed by atoms with E-state index in [9.17, 15) is 18.0 Å². The van der Waals surface area contributed by atoms with Crippen molar-refractivity contribution < 1.29 is 27.5 Å². The Kier molecular flexibility index (Phi) is 8.04. The van der Waals surface area contributed by atoms with E-state index in [2.05, 4.69) is 4.99 Å². The van der Waals surface area contributed by atoms with Crippen LogP contribution in [0.4, 0.5) is 0 Å². The predicted octanol–water partition coefficient (Wildman–Crippen LogP) is 3.44. The zero-order valence-electron chi connectivity index (χ0n) is 20.5. The van der Waals surface area contributed by atoms with E-state index < -0.39 is 21.9 Å². The van der Waals surface area contributed by atoms with Crippen LogP contribution in [0.15, 0.2) is 52.4 Å². The minimum atomic E-state index is -3.62. The molecule has 2 heterocycles. The Morgan fingerprint density at radius 1 is 1.08 bits per heavy atom. The van der Waals surface area contributed by atoms with Crippen molar-refractivity contribution in [2.45, 2.75) is 43.7 Å². The summed E-state index contributed by atoms with van der Waals surface area (Å²) < 4.78 is 40.4. The van der Waals surface area contributed by atoms with Crippen molar-refractivity contribution in [3.8, 4) is 0 Å². The SMILES string of the molecule is COCCn1c(=NC(=O)c2ccc(S(=O)(=O)N3CCCCC3C)cc2)sc2cc(C(=O)OC)ccc21. The molecule has 1 amide bonds. The highest BCUT2D eigenvalue weighted by atomic mass is 32.2. The maximum atomic E-state index is 13.1. The van der Waals surface area contributed by atoms with Gasteiger partial charge in [0.2, 0.25) is 10.0 Å². The number of rotatable bonds is 7. The Labute approximate surface area is 214 Å². The summed E-state index contributed by atoms with van der Waals surface area (Å²) in [5, 5.41) is 0. The zero-order valence-corrected chi connectivity index (χ0v) is 22.1. The number of benzene rings is 2. The summed E-state index contributed by atoms with van der Waals surface area (Å²) in [6.45, 7) is 3.30. The van der Waals surface area contributed by atoms with E-state index in [-0.39, 0.29) is 16.5 Å². The van der Waals surface area contributed by atoms with Gasteiger partial charge in [0.1, 0.15) is 0 Å².